The molecule has 0 spiro atoms. The molecule has 27 nitrogen and oxygen atoms in total. The van der Waals surface area contributed by atoms with Crippen molar-refractivity contribution in [3.63, 3.8) is 0 Å². The molecule has 0 aliphatic rings. The minimum atomic E-state index is -1.65. The molecule has 21 N–H and O–H groups in total. The van der Waals surface area contributed by atoms with E-state index in [0.717, 1.165) is 24.8 Å². The first-order valence-corrected chi connectivity index (χ1v) is 19.5. The minimum Gasteiger partial charge on any atom is -0.394 e. The summed E-state index contributed by atoms with van der Waals surface area (Å²) in [5.41, 5.74) is 0.351. The van der Waals surface area contributed by atoms with E-state index in [1.54, 1.807) is 6.92 Å². The molecule has 27 heteroatoms. The Balaban J connectivity index is 0.000000480. The van der Waals surface area contributed by atoms with Gasteiger partial charge in [-0.05, 0) is 6.42 Å². The summed E-state index contributed by atoms with van der Waals surface area (Å²) in [5, 5.41) is 196. The predicted octanol–water partition coefficient (Wildman–Crippen LogP) is -9.65. The fourth-order valence-corrected chi connectivity index (χ4v) is 4.99. The zero-order chi connectivity index (χ0) is 48.8. The molecule has 0 aliphatic carbocycles. The summed E-state index contributed by atoms with van der Waals surface area (Å²) in [6.45, 7) is -1.74. The smallest absolute Gasteiger partial charge is 0.126 e. The van der Waals surface area contributed by atoms with Gasteiger partial charge in [0, 0.05) is 25.2 Å². The number of aliphatic hydroxyl groups is 21. The summed E-state index contributed by atoms with van der Waals surface area (Å²) in [6.07, 6.45) is -16.2. The molecular weight excluding hydrogens is 864 g/mol. The summed E-state index contributed by atoms with van der Waals surface area (Å²) in [7, 11) is 0. The SMILES string of the molecule is CCC(O)C(O)C(O)c1cnc(C(O)C(O)C(O)CO)cn1.OCC(O)C(O)Cc1cnc(C(O)C(O)C(O)CO)cn1.OCC(O)C(O)Cc1cncc(C(O)C(O)C(O)CO)n1. The van der Waals surface area contributed by atoms with Crippen molar-refractivity contribution in [3.05, 3.63) is 71.3 Å². The third-order valence-electron chi connectivity index (χ3n) is 9.28. The third-order valence-corrected chi connectivity index (χ3v) is 9.28. The average molecular weight is 927 g/mol. The van der Waals surface area contributed by atoms with Gasteiger partial charge >= 0.3 is 0 Å². The summed E-state index contributed by atoms with van der Waals surface area (Å²) in [4.78, 5) is 23.0. The van der Waals surface area contributed by atoms with Gasteiger partial charge < -0.3 is 107 Å². The van der Waals surface area contributed by atoms with Crippen LogP contribution < -0.4 is 0 Å². The van der Waals surface area contributed by atoms with Gasteiger partial charge in [-0.3, -0.25) is 29.9 Å². The van der Waals surface area contributed by atoms with Crippen LogP contribution in [0.2, 0.25) is 0 Å². The zero-order valence-electron chi connectivity index (χ0n) is 34.4. The van der Waals surface area contributed by atoms with Crippen LogP contribution in [0.3, 0.4) is 0 Å². The molecule has 16 atom stereocenters. The first-order valence-electron chi connectivity index (χ1n) is 19.5. The Labute approximate surface area is 365 Å². The van der Waals surface area contributed by atoms with E-state index < -0.39 is 131 Å². The standard InChI is InChI=1S/C13H22N2O7.2C12H20N2O7/c1-2-8(17)12(21)10(19)6-3-15-7(4-14-6)11(20)13(22)9(18)5-16;15-4-9(18)8(17)1-6-2-14-7(3-13-6)11(20)12(21)10(19)5-16;15-4-9(18)8(17)1-6-2-13-3-7(14-6)11(20)12(21)10(19)5-16/h3-4,8-13,16-22H,2,5H2,1H3;2*2-3,8-12,15-21H,1,4-5H2. The van der Waals surface area contributed by atoms with Gasteiger partial charge in [-0.15, -0.1) is 0 Å². The van der Waals surface area contributed by atoms with Gasteiger partial charge in [0.1, 0.15) is 79.4 Å². The number of aromatic nitrogens is 6. The van der Waals surface area contributed by atoms with Crippen LogP contribution in [0.1, 0.15) is 71.9 Å². The van der Waals surface area contributed by atoms with Gasteiger partial charge in [-0.2, -0.15) is 0 Å². The quantitative estimate of drug-likeness (QED) is 0.0397. The molecule has 0 bridgehead atoms. The van der Waals surface area contributed by atoms with Crippen molar-refractivity contribution in [1.29, 1.82) is 0 Å². The van der Waals surface area contributed by atoms with Crippen LogP contribution in [0.25, 0.3) is 0 Å². The van der Waals surface area contributed by atoms with Gasteiger partial charge in [0.2, 0.25) is 0 Å². The molecule has 0 fully saturated rings. The molecule has 3 aromatic heterocycles. The van der Waals surface area contributed by atoms with Crippen molar-refractivity contribution in [2.24, 2.45) is 0 Å². The molecule has 3 aromatic rings. The van der Waals surface area contributed by atoms with Gasteiger partial charge in [0.25, 0.3) is 0 Å². The monoisotopic (exact) mass is 926 g/mol. The molecule has 3 rings (SSSR count). The summed E-state index contributed by atoms with van der Waals surface area (Å²) in [6, 6.07) is 0. The van der Waals surface area contributed by atoms with Crippen molar-refractivity contribution in [2.75, 3.05) is 33.0 Å². The third kappa shape index (κ3) is 18.4. The Bertz CT molecular complexity index is 1640. The number of rotatable bonds is 24. The van der Waals surface area contributed by atoms with Crippen molar-refractivity contribution < 1.29 is 107 Å². The maximum absolute atomic E-state index is 9.86. The molecule has 0 radical (unpaired) electrons. The lowest BCUT2D eigenvalue weighted by atomic mass is 10.0. The van der Waals surface area contributed by atoms with Crippen LogP contribution in [-0.4, -0.2) is 243 Å². The lowest BCUT2D eigenvalue weighted by molar-refractivity contribution is -0.0792. The second-order valence-corrected chi connectivity index (χ2v) is 14.2. The van der Waals surface area contributed by atoms with E-state index in [-0.39, 0.29) is 47.7 Å². The van der Waals surface area contributed by atoms with Crippen LogP contribution in [-0.2, 0) is 12.8 Å². The number of hydrogen-bond donors (Lipinski definition) is 21. The van der Waals surface area contributed by atoms with Crippen molar-refractivity contribution in [2.45, 2.75) is 124 Å². The minimum absolute atomic E-state index is 0.0176. The highest BCUT2D eigenvalue weighted by Gasteiger charge is 2.31. The van der Waals surface area contributed by atoms with Gasteiger partial charge in [0.05, 0.1) is 110 Å². The Morgan fingerprint density at radius 2 is 0.672 bits per heavy atom. The van der Waals surface area contributed by atoms with E-state index in [9.17, 15) is 81.7 Å². The highest BCUT2D eigenvalue weighted by molar-refractivity contribution is 5.11. The highest BCUT2D eigenvalue weighted by atomic mass is 16.4. The molecule has 0 amide bonds. The molecule has 3 heterocycles. The van der Waals surface area contributed by atoms with Crippen LogP contribution >= 0.6 is 0 Å². The molecule has 64 heavy (non-hydrogen) atoms. The van der Waals surface area contributed by atoms with Crippen LogP contribution in [0.4, 0.5) is 0 Å². The molecule has 0 aromatic carbocycles. The van der Waals surface area contributed by atoms with E-state index in [2.05, 4.69) is 29.9 Å². The topological polar surface area (TPSA) is 502 Å². The Kier molecular flexibility index (Phi) is 27.2. The highest BCUT2D eigenvalue weighted by Crippen LogP contribution is 2.22. The molecule has 0 saturated carbocycles. The summed E-state index contributed by atoms with van der Waals surface area (Å²) < 4.78 is 0. The largest absolute Gasteiger partial charge is 0.394 e. The maximum Gasteiger partial charge on any atom is 0.126 e. The lowest BCUT2D eigenvalue weighted by Gasteiger charge is -2.23. The zero-order valence-corrected chi connectivity index (χ0v) is 34.4. The molecule has 366 valence electrons. The summed E-state index contributed by atoms with van der Waals surface area (Å²) >= 11 is 0. The van der Waals surface area contributed by atoms with Gasteiger partial charge in [-0.1, -0.05) is 6.92 Å². The van der Waals surface area contributed by atoms with Crippen molar-refractivity contribution in [1.82, 2.24) is 29.9 Å². The fourth-order valence-electron chi connectivity index (χ4n) is 4.99. The lowest BCUT2D eigenvalue weighted by Crippen LogP contribution is -2.35. The normalized spacial score (nSPS) is 19.2. The molecular formula is C37H62N6O21. The van der Waals surface area contributed by atoms with Crippen LogP contribution in [0.15, 0.2) is 37.2 Å². The Morgan fingerprint density at radius 1 is 0.344 bits per heavy atom. The van der Waals surface area contributed by atoms with Crippen LogP contribution in [0, 0.1) is 0 Å². The number of aliphatic hydroxyl groups excluding tert-OH is 21. The second-order valence-electron chi connectivity index (χ2n) is 14.2. The van der Waals surface area contributed by atoms with E-state index >= 15 is 0 Å². The maximum atomic E-state index is 9.86. The second kappa shape index (κ2) is 29.8. The fraction of sp³-hybridized carbons (Fsp3) is 0.676. The van der Waals surface area contributed by atoms with E-state index in [4.69, 9.17) is 25.5 Å². The first-order chi connectivity index (χ1) is 30.1. The summed E-state index contributed by atoms with van der Waals surface area (Å²) in [5.74, 6) is 0. The first kappa shape index (κ1) is 58.4. The Morgan fingerprint density at radius 3 is 1.00 bits per heavy atom. The van der Waals surface area contributed by atoms with Gasteiger partial charge in [-0.25, -0.2) is 0 Å². The van der Waals surface area contributed by atoms with Crippen LogP contribution in [0.5, 0.6) is 0 Å². The number of hydrogen-bond acceptors (Lipinski definition) is 27. The number of nitrogens with zero attached hydrogens (tertiary/aromatic N) is 6. The van der Waals surface area contributed by atoms with Crippen molar-refractivity contribution in [3.8, 4) is 0 Å². The van der Waals surface area contributed by atoms with Gasteiger partial charge in [0.15, 0.2) is 0 Å². The molecule has 0 saturated heterocycles. The van der Waals surface area contributed by atoms with E-state index in [1.807, 2.05) is 0 Å². The van der Waals surface area contributed by atoms with E-state index in [0.29, 0.717) is 5.69 Å². The average Bonchev–Trinajstić information content (AvgIpc) is 3.33. The predicted molar refractivity (Wildman–Crippen MR) is 211 cm³/mol. The van der Waals surface area contributed by atoms with Crippen molar-refractivity contribution >= 4 is 0 Å². The molecule has 0 aliphatic heterocycles. The Hall–Kier alpha value is -3.60. The van der Waals surface area contributed by atoms with E-state index in [1.165, 1.54) is 12.4 Å². The molecule has 16 unspecified atom stereocenters.